The van der Waals surface area contributed by atoms with Crippen LogP contribution in [0.15, 0.2) is 61.5 Å². The van der Waals surface area contributed by atoms with Gasteiger partial charge in [0.1, 0.15) is 0 Å². The van der Waals surface area contributed by atoms with Gasteiger partial charge in [0.05, 0.1) is 28.2 Å². The molecule has 3 heterocycles. The summed E-state index contributed by atoms with van der Waals surface area (Å²) in [6, 6.07) is 14.3. The third-order valence-electron chi connectivity index (χ3n) is 7.67. The van der Waals surface area contributed by atoms with Crippen molar-refractivity contribution in [3.05, 3.63) is 46.9 Å². The van der Waals surface area contributed by atoms with Crippen molar-refractivity contribution in [2.75, 3.05) is 12.3 Å². The number of aromatic nitrogens is 2. The molecule has 0 unspecified atom stereocenters. The summed E-state index contributed by atoms with van der Waals surface area (Å²) in [4.78, 5) is 19.7. The number of likely N-dealkylation sites (tertiary alicyclic amines) is 1. The monoisotopic (exact) mass is 611 g/mol. The van der Waals surface area contributed by atoms with E-state index in [1.165, 1.54) is 24.6 Å². The topological polar surface area (TPSA) is 83.1 Å². The van der Waals surface area contributed by atoms with Gasteiger partial charge in [-0.3, -0.25) is 14.3 Å². The molecular formula is C28H30BrN5O2S2. The highest BCUT2D eigenvalue weighted by molar-refractivity contribution is 9.10. The maximum Gasteiger partial charge on any atom is 0.274 e. The number of para-hydroxylation sites is 1. The van der Waals surface area contributed by atoms with Crippen LogP contribution >= 0.6 is 39.0 Å². The summed E-state index contributed by atoms with van der Waals surface area (Å²) >= 11 is 6.46. The molecule has 4 aromatic rings. The van der Waals surface area contributed by atoms with E-state index in [0.29, 0.717) is 29.2 Å². The molecule has 6 rings (SSSR count). The second kappa shape index (κ2) is 9.73. The first-order valence-electron chi connectivity index (χ1n) is 12.8. The largest absolute Gasteiger partial charge is 0.493 e. The zero-order chi connectivity index (χ0) is 26.7. The number of carbonyl (C=O) groups excluding carboxylic acids is 1. The minimum absolute atomic E-state index is 0.0411. The molecule has 2 aliphatic rings. The number of thiazole rings is 1. The van der Waals surface area contributed by atoms with E-state index in [1.54, 1.807) is 11.3 Å². The summed E-state index contributed by atoms with van der Waals surface area (Å²) in [6.45, 7) is 8.72. The zero-order valence-electron chi connectivity index (χ0n) is 21.6. The molecule has 2 bridgehead atoms. The van der Waals surface area contributed by atoms with Crippen molar-refractivity contribution in [3.63, 3.8) is 0 Å². The highest BCUT2D eigenvalue weighted by Crippen LogP contribution is 2.53. The van der Waals surface area contributed by atoms with Crippen LogP contribution < -0.4 is 0 Å². The van der Waals surface area contributed by atoms with E-state index in [1.807, 2.05) is 47.0 Å². The number of thioether (sulfide) groups is 1. The van der Waals surface area contributed by atoms with Gasteiger partial charge in [-0.25, -0.2) is 4.98 Å². The Kier molecular flexibility index (Phi) is 6.65. The minimum atomic E-state index is -0.368. The first-order valence-corrected chi connectivity index (χ1v) is 15.4. The van der Waals surface area contributed by atoms with Crippen molar-refractivity contribution >= 4 is 71.7 Å². The number of azo groups is 1. The predicted molar refractivity (Wildman–Crippen MR) is 157 cm³/mol. The van der Waals surface area contributed by atoms with Gasteiger partial charge in [-0.15, -0.1) is 21.6 Å². The van der Waals surface area contributed by atoms with Crippen molar-refractivity contribution in [2.24, 2.45) is 21.1 Å². The lowest BCUT2D eigenvalue weighted by Gasteiger charge is -2.40. The first kappa shape index (κ1) is 26.0. The molecule has 7 nitrogen and oxygen atoms in total. The fraction of sp³-hybridized carbons (Fsp3) is 0.429. The van der Waals surface area contributed by atoms with E-state index in [0.717, 1.165) is 42.9 Å². The van der Waals surface area contributed by atoms with Crippen LogP contribution in [-0.4, -0.2) is 43.8 Å². The number of aromatic hydroxyl groups is 1. The van der Waals surface area contributed by atoms with E-state index in [-0.39, 0.29) is 17.5 Å². The molecule has 10 heteroatoms. The Morgan fingerprint density at radius 1 is 1.24 bits per heavy atom. The molecule has 1 aliphatic heterocycles. The lowest BCUT2D eigenvalue weighted by atomic mass is 9.65. The van der Waals surface area contributed by atoms with Crippen molar-refractivity contribution in [3.8, 4) is 5.88 Å². The van der Waals surface area contributed by atoms with Crippen LogP contribution in [0.25, 0.3) is 21.1 Å². The summed E-state index contributed by atoms with van der Waals surface area (Å²) in [7, 11) is 0. The van der Waals surface area contributed by atoms with Crippen molar-refractivity contribution in [1.29, 1.82) is 0 Å². The zero-order valence-corrected chi connectivity index (χ0v) is 24.9. The summed E-state index contributed by atoms with van der Waals surface area (Å²) in [5.74, 6) is -0.191. The van der Waals surface area contributed by atoms with Crippen LogP contribution in [0, 0.1) is 10.8 Å². The lowest BCUT2D eigenvalue weighted by Crippen LogP contribution is -2.35. The third kappa shape index (κ3) is 5.03. The highest BCUT2D eigenvalue weighted by Gasteiger charge is 2.49. The van der Waals surface area contributed by atoms with Gasteiger partial charge in [-0.2, -0.15) is 0 Å². The number of benzene rings is 2. The Bertz CT molecular complexity index is 1550. The van der Waals surface area contributed by atoms with Gasteiger partial charge in [-0.1, -0.05) is 60.6 Å². The van der Waals surface area contributed by atoms with Crippen molar-refractivity contribution in [1.82, 2.24) is 14.5 Å². The first-order chi connectivity index (χ1) is 18.1. The molecule has 1 saturated heterocycles. The Balaban J connectivity index is 1.23. The van der Waals surface area contributed by atoms with Crippen LogP contribution in [0.3, 0.4) is 0 Å². The smallest absolute Gasteiger partial charge is 0.274 e. The SMILES string of the molecule is CC1(C)C[C@H]2C[C@@](C)(CN2Cn2c(O)c(N=NC(=O)CSc3nc4ccccc4s3)c3cc(Br)ccc32)C1. The maximum absolute atomic E-state index is 12.6. The number of halogens is 1. The van der Waals surface area contributed by atoms with Crippen LogP contribution in [0.4, 0.5) is 5.69 Å². The number of nitrogens with zero attached hydrogens (tertiary/aromatic N) is 5. The van der Waals surface area contributed by atoms with E-state index in [4.69, 9.17) is 0 Å². The number of amides is 1. The number of carbonyl (C=O) groups is 1. The van der Waals surface area contributed by atoms with Crippen LogP contribution in [0.2, 0.25) is 0 Å². The quantitative estimate of drug-likeness (QED) is 0.176. The van der Waals surface area contributed by atoms with E-state index < -0.39 is 0 Å². The Morgan fingerprint density at radius 3 is 2.87 bits per heavy atom. The van der Waals surface area contributed by atoms with Gasteiger partial charge >= 0.3 is 0 Å². The second-order valence-corrected chi connectivity index (χ2v) is 14.9. The predicted octanol–water partition coefficient (Wildman–Crippen LogP) is 7.98. The molecule has 2 atom stereocenters. The van der Waals surface area contributed by atoms with Gasteiger partial charge < -0.3 is 5.11 Å². The molecule has 0 spiro atoms. The second-order valence-electron chi connectivity index (χ2n) is 11.7. The molecule has 0 radical (unpaired) electrons. The molecule has 2 aromatic carbocycles. The molecule has 38 heavy (non-hydrogen) atoms. The van der Waals surface area contributed by atoms with Crippen molar-refractivity contribution in [2.45, 2.75) is 57.1 Å². The Labute approximate surface area is 238 Å². The fourth-order valence-electron chi connectivity index (χ4n) is 6.63. The Morgan fingerprint density at radius 2 is 2.05 bits per heavy atom. The summed E-state index contributed by atoms with van der Waals surface area (Å²) in [6.07, 6.45) is 3.56. The van der Waals surface area contributed by atoms with Gasteiger partial charge in [0, 0.05) is 22.4 Å². The molecule has 2 fully saturated rings. The van der Waals surface area contributed by atoms with Gasteiger partial charge in [0.25, 0.3) is 5.91 Å². The van der Waals surface area contributed by atoms with E-state index in [2.05, 4.69) is 56.8 Å². The number of hydrogen-bond acceptors (Lipinski definition) is 7. The minimum Gasteiger partial charge on any atom is -0.493 e. The third-order valence-corrected chi connectivity index (χ3v) is 10.3. The molecular weight excluding hydrogens is 582 g/mol. The van der Waals surface area contributed by atoms with E-state index in [9.17, 15) is 9.90 Å². The summed E-state index contributed by atoms with van der Waals surface area (Å²) in [5.41, 5.74) is 2.75. The van der Waals surface area contributed by atoms with Crippen LogP contribution in [0.5, 0.6) is 5.88 Å². The average Bonchev–Trinajstić information content (AvgIpc) is 3.45. The highest BCUT2D eigenvalue weighted by atomic mass is 79.9. The molecule has 1 N–H and O–H groups in total. The number of fused-ring (bicyclic) bond motifs is 4. The van der Waals surface area contributed by atoms with Crippen LogP contribution in [-0.2, 0) is 11.5 Å². The lowest BCUT2D eigenvalue weighted by molar-refractivity contribution is -0.115. The molecule has 198 valence electrons. The van der Waals surface area contributed by atoms with Crippen LogP contribution in [0.1, 0.15) is 40.0 Å². The van der Waals surface area contributed by atoms with Crippen molar-refractivity contribution < 1.29 is 9.90 Å². The normalized spacial score (nSPS) is 23.2. The average molecular weight is 613 g/mol. The van der Waals surface area contributed by atoms with Gasteiger partial charge in [0.2, 0.25) is 5.88 Å². The standard InChI is InChI=1S/C28H30BrN5O2S2/c1-27(2)11-18-12-28(3,14-27)15-33(18)16-34-21-9-8-17(29)10-19(21)24(25(34)36)32-31-23(35)13-37-26-30-20-6-4-5-7-22(20)38-26/h4-10,18,36H,11-16H2,1-3H3/t18-,28+/m0/s1. The fourth-order valence-corrected chi connectivity index (χ4v) is 8.84. The van der Waals surface area contributed by atoms with E-state index >= 15 is 0 Å². The number of rotatable bonds is 6. The number of hydrogen-bond donors (Lipinski definition) is 1. The molecule has 1 saturated carbocycles. The Hall–Kier alpha value is -2.27. The molecule has 2 aromatic heterocycles. The molecule has 1 amide bonds. The maximum atomic E-state index is 12.6. The van der Waals surface area contributed by atoms with Gasteiger partial charge in [0.15, 0.2) is 10.0 Å². The summed E-state index contributed by atoms with van der Waals surface area (Å²) in [5, 5.41) is 20.3. The molecule has 1 aliphatic carbocycles. The summed E-state index contributed by atoms with van der Waals surface area (Å²) < 4.78 is 4.70. The van der Waals surface area contributed by atoms with Gasteiger partial charge in [-0.05, 0) is 60.4 Å².